The van der Waals surface area contributed by atoms with Gasteiger partial charge in [-0.3, -0.25) is 4.79 Å². The number of carbonyl (C=O) groups is 2. The first-order chi connectivity index (χ1) is 9.40. The van der Waals surface area contributed by atoms with E-state index in [1.54, 1.807) is 36.1 Å². The van der Waals surface area contributed by atoms with Crippen molar-refractivity contribution in [2.75, 3.05) is 13.7 Å². The highest BCUT2D eigenvalue weighted by atomic mass is 16.5. The molecular weight excluding hydrogens is 258 g/mol. The van der Waals surface area contributed by atoms with Crippen LogP contribution < -0.4 is 0 Å². The molecule has 2 unspecified atom stereocenters. The highest BCUT2D eigenvalue weighted by Gasteiger charge is 2.46. The van der Waals surface area contributed by atoms with Crippen molar-refractivity contribution in [2.24, 2.45) is 0 Å². The molecule has 0 aliphatic carbocycles. The summed E-state index contributed by atoms with van der Waals surface area (Å²) < 4.78 is 4.70. The first kappa shape index (κ1) is 14.4. The van der Waals surface area contributed by atoms with Gasteiger partial charge in [0.1, 0.15) is 11.8 Å². The molecule has 1 N–H and O–H groups in total. The highest BCUT2D eigenvalue weighted by molar-refractivity contribution is 5.93. The molecule has 1 aliphatic heterocycles. The lowest BCUT2D eigenvalue weighted by Gasteiger charge is -2.26. The number of hydrogen-bond donors (Lipinski definition) is 1. The van der Waals surface area contributed by atoms with Gasteiger partial charge in [-0.1, -0.05) is 12.1 Å². The first-order valence-corrected chi connectivity index (χ1v) is 6.58. The van der Waals surface area contributed by atoms with Gasteiger partial charge >= 0.3 is 5.97 Å². The molecule has 5 nitrogen and oxygen atoms in total. The number of amides is 1. The van der Waals surface area contributed by atoms with E-state index >= 15 is 0 Å². The maximum atomic E-state index is 12.6. The lowest BCUT2D eigenvalue weighted by molar-refractivity contribution is -0.151. The molecule has 2 atom stereocenters. The quantitative estimate of drug-likeness (QED) is 0.849. The summed E-state index contributed by atoms with van der Waals surface area (Å²) in [5.41, 5.74) is 0.190. The van der Waals surface area contributed by atoms with E-state index in [2.05, 4.69) is 0 Å². The van der Waals surface area contributed by atoms with Crippen LogP contribution in [0.3, 0.4) is 0 Å². The van der Waals surface area contributed by atoms with Crippen LogP contribution in [0.4, 0.5) is 0 Å². The average molecular weight is 277 g/mol. The third kappa shape index (κ3) is 2.24. The number of hydrogen-bond acceptors (Lipinski definition) is 4. The molecule has 108 valence electrons. The molecule has 1 saturated heterocycles. The summed E-state index contributed by atoms with van der Waals surface area (Å²) in [6.45, 7) is 4.06. The van der Waals surface area contributed by atoms with Crippen LogP contribution in [-0.4, -0.2) is 41.6 Å². The molecule has 1 fully saturated rings. The Hall–Kier alpha value is -2.04. The number of nitrogens with zero attached hydrogens (tertiary/aromatic N) is 1. The van der Waals surface area contributed by atoms with Gasteiger partial charge in [-0.15, -0.1) is 0 Å². The fourth-order valence-electron chi connectivity index (χ4n) is 2.63. The van der Waals surface area contributed by atoms with Crippen LogP contribution in [0.25, 0.3) is 0 Å². The van der Waals surface area contributed by atoms with Crippen LogP contribution in [0.5, 0.6) is 5.75 Å². The fourth-order valence-corrected chi connectivity index (χ4v) is 2.63. The molecule has 5 heteroatoms. The second kappa shape index (κ2) is 5.15. The third-order valence-corrected chi connectivity index (χ3v) is 4.10. The zero-order valence-electron chi connectivity index (χ0n) is 11.9. The van der Waals surface area contributed by atoms with Gasteiger partial charge in [0.25, 0.3) is 0 Å². The van der Waals surface area contributed by atoms with Gasteiger partial charge in [0.2, 0.25) is 5.91 Å². The topological polar surface area (TPSA) is 66.8 Å². The maximum Gasteiger partial charge on any atom is 0.328 e. The molecule has 2 rings (SSSR count). The SMILES string of the molecule is COC(=O)C(C)N1CCC(C)(c2ccc(O)cc2)C1=O. The first-order valence-electron chi connectivity index (χ1n) is 6.58. The van der Waals surface area contributed by atoms with Crippen molar-refractivity contribution < 1.29 is 19.4 Å². The van der Waals surface area contributed by atoms with E-state index in [0.29, 0.717) is 13.0 Å². The molecule has 0 spiro atoms. The minimum Gasteiger partial charge on any atom is -0.508 e. The van der Waals surface area contributed by atoms with Gasteiger partial charge in [0.15, 0.2) is 0 Å². The summed E-state index contributed by atoms with van der Waals surface area (Å²) in [6, 6.07) is 6.06. The molecule has 1 heterocycles. The minimum absolute atomic E-state index is 0.0823. The Labute approximate surface area is 118 Å². The largest absolute Gasteiger partial charge is 0.508 e. The predicted octanol–water partition coefficient (Wildman–Crippen LogP) is 1.44. The Kier molecular flexibility index (Phi) is 3.70. The number of carbonyl (C=O) groups excluding carboxylic acids is 2. The maximum absolute atomic E-state index is 12.6. The van der Waals surface area contributed by atoms with E-state index in [0.717, 1.165) is 5.56 Å². The smallest absolute Gasteiger partial charge is 0.328 e. The summed E-state index contributed by atoms with van der Waals surface area (Å²) in [5, 5.41) is 9.34. The second-order valence-electron chi connectivity index (χ2n) is 5.33. The van der Waals surface area contributed by atoms with Crippen molar-refractivity contribution in [1.29, 1.82) is 0 Å². The molecule has 0 bridgehead atoms. The van der Waals surface area contributed by atoms with E-state index in [4.69, 9.17) is 4.74 Å². The van der Waals surface area contributed by atoms with Gasteiger partial charge in [0.05, 0.1) is 12.5 Å². The van der Waals surface area contributed by atoms with Crippen molar-refractivity contribution in [3.8, 4) is 5.75 Å². The normalized spacial score (nSPS) is 23.8. The van der Waals surface area contributed by atoms with E-state index < -0.39 is 17.4 Å². The van der Waals surface area contributed by atoms with E-state index in [9.17, 15) is 14.7 Å². The van der Waals surface area contributed by atoms with Crippen molar-refractivity contribution in [3.05, 3.63) is 29.8 Å². The monoisotopic (exact) mass is 277 g/mol. The summed E-state index contributed by atoms with van der Waals surface area (Å²) in [5.74, 6) is -0.322. The number of esters is 1. The van der Waals surface area contributed by atoms with E-state index in [1.165, 1.54) is 7.11 Å². The molecule has 1 aliphatic rings. The van der Waals surface area contributed by atoms with Gasteiger partial charge in [-0.2, -0.15) is 0 Å². The van der Waals surface area contributed by atoms with Crippen molar-refractivity contribution >= 4 is 11.9 Å². The van der Waals surface area contributed by atoms with Crippen LogP contribution >= 0.6 is 0 Å². The van der Waals surface area contributed by atoms with Crippen molar-refractivity contribution in [2.45, 2.75) is 31.7 Å². The molecule has 20 heavy (non-hydrogen) atoms. The third-order valence-electron chi connectivity index (χ3n) is 4.10. The van der Waals surface area contributed by atoms with Gasteiger partial charge < -0.3 is 14.7 Å². The number of rotatable bonds is 3. The molecule has 0 aromatic heterocycles. The molecule has 0 radical (unpaired) electrons. The van der Waals surface area contributed by atoms with Gasteiger partial charge in [-0.25, -0.2) is 4.79 Å². The molecule has 1 aromatic carbocycles. The Morgan fingerprint density at radius 3 is 2.55 bits per heavy atom. The molecule has 0 saturated carbocycles. The standard InChI is InChI=1S/C15H19NO4/c1-10(13(18)20-3)16-9-8-15(2,14(16)19)11-4-6-12(17)7-5-11/h4-7,10,17H,8-9H2,1-3H3. The van der Waals surface area contributed by atoms with Gasteiger partial charge in [-0.05, 0) is 38.0 Å². The lowest BCUT2D eigenvalue weighted by atomic mass is 9.81. The average Bonchev–Trinajstić information content (AvgIpc) is 2.75. The number of benzene rings is 1. The highest BCUT2D eigenvalue weighted by Crippen LogP contribution is 2.37. The summed E-state index contributed by atoms with van der Waals surface area (Å²) >= 11 is 0. The van der Waals surface area contributed by atoms with Crippen LogP contribution in [0.2, 0.25) is 0 Å². The number of ether oxygens (including phenoxy) is 1. The summed E-state index contributed by atoms with van der Waals surface area (Å²) in [4.78, 5) is 25.8. The number of aromatic hydroxyl groups is 1. The summed E-state index contributed by atoms with van der Waals surface area (Å²) in [6.07, 6.45) is 0.637. The molecule has 1 aromatic rings. The van der Waals surface area contributed by atoms with Crippen LogP contribution in [0.1, 0.15) is 25.8 Å². The van der Waals surface area contributed by atoms with Gasteiger partial charge in [0, 0.05) is 6.54 Å². The second-order valence-corrected chi connectivity index (χ2v) is 5.33. The van der Waals surface area contributed by atoms with E-state index in [1.807, 2.05) is 6.92 Å². The van der Waals surface area contributed by atoms with Crippen LogP contribution in [0.15, 0.2) is 24.3 Å². The van der Waals surface area contributed by atoms with Crippen molar-refractivity contribution in [3.63, 3.8) is 0 Å². The summed E-state index contributed by atoms with van der Waals surface area (Å²) in [7, 11) is 1.32. The number of phenolic OH excluding ortho intramolecular Hbond substituents is 1. The fraction of sp³-hybridized carbons (Fsp3) is 0.467. The Morgan fingerprint density at radius 1 is 1.40 bits per heavy atom. The number of phenols is 1. The Morgan fingerprint density at radius 2 is 2.00 bits per heavy atom. The minimum atomic E-state index is -0.657. The van der Waals surface area contributed by atoms with Crippen LogP contribution in [-0.2, 0) is 19.7 Å². The number of likely N-dealkylation sites (tertiary alicyclic amines) is 1. The van der Waals surface area contributed by atoms with Crippen molar-refractivity contribution in [1.82, 2.24) is 4.90 Å². The zero-order valence-corrected chi connectivity index (χ0v) is 11.9. The Balaban J connectivity index is 2.26. The number of methoxy groups -OCH3 is 1. The van der Waals surface area contributed by atoms with Crippen LogP contribution in [0, 0.1) is 0 Å². The lowest BCUT2D eigenvalue weighted by Crippen LogP contribution is -2.44. The molecule has 1 amide bonds. The zero-order chi connectivity index (χ0) is 14.9. The van der Waals surface area contributed by atoms with E-state index in [-0.39, 0.29) is 11.7 Å². The predicted molar refractivity (Wildman–Crippen MR) is 73.3 cm³/mol. The molecular formula is C15H19NO4. The Bertz CT molecular complexity index is 525.